The predicted octanol–water partition coefficient (Wildman–Crippen LogP) is 4.73. The van der Waals surface area contributed by atoms with Gasteiger partial charge in [0.15, 0.2) is 5.76 Å². The van der Waals surface area contributed by atoms with Crippen LogP contribution in [0, 0.1) is 12.8 Å². The molecule has 6 nitrogen and oxygen atoms in total. The lowest BCUT2D eigenvalue weighted by molar-refractivity contribution is -0.149. The number of hydrogen-bond donors (Lipinski definition) is 0. The fourth-order valence-corrected chi connectivity index (χ4v) is 3.89. The highest BCUT2D eigenvalue weighted by Gasteiger charge is 2.31. The molecule has 0 bridgehead atoms. The third-order valence-electron chi connectivity index (χ3n) is 5.56. The Morgan fingerprint density at radius 3 is 2.71 bits per heavy atom. The molecule has 0 N–H and O–H groups in total. The van der Waals surface area contributed by atoms with Crippen LogP contribution in [-0.4, -0.2) is 41.5 Å². The van der Waals surface area contributed by atoms with Gasteiger partial charge in [-0.1, -0.05) is 42.0 Å². The number of ether oxygens (including phenoxy) is 1. The minimum absolute atomic E-state index is 0.125. The summed E-state index contributed by atoms with van der Waals surface area (Å²) in [6.45, 7) is 5.15. The van der Waals surface area contributed by atoms with E-state index < -0.39 is 0 Å². The molecule has 31 heavy (non-hydrogen) atoms. The second-order valence-corrected chi connectivity index (χ2v) is 7.78. The van der Waals surface area contributed by atoms with E-state index in [2.05, 4.69) is 4.98 Å². The van der Waals surface area contributed by atoms with Gasteiger partial charge < -0.3 is 14.1 Å². The van der Waals surface area contributed by atoms with Crippen molar-refractivity contribution in [3.63, 3.8) is 0 Å². The quantitative estimate of drug-likeness (QED) is 0.560. The van der Waals surface area contributed by atoms with Crippen molar-refractivity contribution in [1.29, 1.82) is 0 Å². The first-order valence-corrected chi connectivity index (χ1v) is 10.6. The number of nitrogens with zero attached hydrogens (tertiary/aromatic N) is 2. The summed E-state index contributed by atoms with van der Waals surface area (Å²) in [6.07, 6.45) is 3.19. The van der Waals surface area contributed by atoms with Crippen LogP contribution in [0.5, 0.6) is 0 Å². The molecule has 1 fully saturated rings. The molecule has 0 aliphatic carbocycles. The van der Waals surface area contributed by atoms with E-state index in [9.17, 15) is 9.59 Å². The Hall–Kier alpha value is -3.41. The minimum atomic E-state index is -0.278. The summed E-state index contributed by atoms with van der Waals surface area (Å²) in [5.74, 6) is 0.416. The normalized spacial score (nSPS) is 16.2. The van der Waals surface area contributed by atoms with Gasteiger partial charge in [0, 0.05) is 24.2 Å². The van der Waals surface area contributed by atoms with Crippen molar-refractivity contribution < 1.29 is 18.7 Å². The molecule has 0 saturated carbocycles. The third-order valence-corrected chi connectivity index (χ3v) is 5.56. The molecule has 0 spiro atoms. The van der Waals surface area contributed by atoms with Crippen molar-refractivity contribution in [3.8, 4) is 22.8 Å². The molecule has 4 rings (SSSR count). The van der Waals surface area contributed by atoms with E-state index in [0.29, 0.717) is 42.5 Å². The van der Waals surface area contributed by atoms with E-state index in [-0.39, 0.29) is 17.8 Å². The Bertz CT molecular complexity index is 1070. The second-order valence-electron chi connectivity index (χ2n) is 7.78. The smallest absolute Gasteiger partial charge is 0.310 e. The molecule has 1 atom stereocenters. The zero-order valence-corrected chi connectivity index (χ0v) is 17.8. The highest BCUT2D eigenvalue weighted by atomic mass is 16.5. The topological polar surface area (TPSA) is 72.6 Å². The summed E-state index contributed by atoms with van der Waals surface area (Å²) in [4.78, 5) is 31.7. The van der Waals surface area contributed by atoms with Gasteiger partial charge in [0.25, 0.3) is 5.91 Å². The minimum Gasteiger partial charge on any atom is -0.466 e. The molecule has 3 aromatic rings. The van der Waals surface area contributed by atoms with Crippen LogP contribution in [0.25, 0.3) is 22.8 Å². The highest BCUT2D eigenvalue weighted by molar-refractivity contribution is 6.00. The zero-order valence-electron chi connectivity index (χ0n) is 17.8. The highest BCUT2D eigenvalue weighted by Crippen LogP contribution is 2.30. The molecule has 1 amide bonds. The van der Waals surface area contributed by atoms with Gasteiger partial charge in [0.05, 0.1) is 24.3 Å². The van der Waals surface area contributed by atoms with Crippen molar-refractivity contribution in [1.82, 2.24) is 9.88 Å². The molecular formula is C25H26N2O4. The standard InChI is InChI=1S/C25H26N2O4/c1-3-30-25(29)19-7-6-14-27(16-19)24(28)21-9-5-4-8-20(21)23-26-15-22(31-23)18-12-10-17(2)11-13-18/h4-5,8-13,15,19H,3,6-7,14,16H2,1-2H3. The fraction of sp³-hybridized carbons (Fsp3) is 0.320. The maximum absolute atomic E-state index is 13.3. The van der Waals surface area contributed by atoms with Crippen LogP contribution < -0.4 is 0 Å². The summed E-state index contributed by atoms with van der Waals surface area (Å²) in [5, 5.41) is 0. The third kappa shape index (κ3) is 4.53. The van der Waals surface area contributed by atoms with E-state index in [4.69, 9.17) is 9.15 Å². The van der Waals surface area contributed by atoms with Gasteiger partial charge in [-0.3, -0.25) is 9.59 Å². The molecule has 1 aliphatic rings. The predicted molar refractivity (Wildman–Crippen MR) is 117 cm³/mol. The average molecular weight is 418 g/mol. The Labute approximate surface area is 181 Å². The van der Waals surface area contributed by atoms with Crippen LogP contribution in [0.3, 0.4) is 0 Å². The molecule has 1 unspecified atom stereocenters. The van der Waals surface area contributed by atoms with Gasteiger partial charge in [0.2, 0.25) is 5.89 Å². The van der Waals surface area contributed by atoms with Crippen LogP contribution in [0.15, 0.2) is 59.1 Å². The average Bonchev–Trinajstić information content (AvgIpc) is 3.29. The number of hydrogen-bond acceptors (Lipinski definition) is 5. The largest absolute Gasteiger partial charge is 0.466 e. The van der Waals surface area contributed by atoms with Crippen molar-refractivity contribution in [2.75, 3.05) is 19.7 Å². The Kier molecular flexibility index (Phi) is 6.16. The molecule has 160 valence electrons. The van der Waals surface area contributed by atoms with Crippen LogP contribution in [0.2, 0.25) is 0 Å². The van der Waals surface area contributed by atoms with Crippen molar-refractivity contribution >= 4 is 11.9 Å². The van der Waals surface area contributed by atoms with Crippen LogP contribution in [0.1, 0.15) is 35.7 Å². The summed E-state index contributed by atoms with van der Waals surface area (Å²) < 4.78 is 11.2. The molecular weight excluding hydrogens is 392 g/mol. The van der Waals surface area contributed by atoms with Crippen LogP contribution >= 0.6 is 0 Å². The number of aromatic nitrogens is 1. The number of benzene rings is 2. The molecule has 2 aromatic carbocycles. The number of carbonyl (C=O) groups excluding carboxylic acids is 2. The van der Waals surface area contributed by atoms with E-state index in [1.54, 1.807) is 24.1 Å². The van der Waals surface area contributed by atoms with Gasteiger partial charge in [-0.25, -0.2) is 4.98 Å². The molecule has 0 radical (unpaired) electrons. The lowest BCUT2D eigenvalue weighted by Crippen LogP contribution is -2.43. The fourth-order valence-electron chi connectivity index (χ4n) is 3.89. The number of amides is 1. The number of carbonyl (C=O) groups is 2. The second kappa shape index (κ2) is 9.16. The Morgan fingerprint density at radius 1 is 1.16 bits per heavy atom. The van der Waals surface area contributed by atoms with Gasteiger partial charge in [-0.15, -0.1) is 0 Å². The number of likely N-dealkylation sites (tertiary alicyclic amines) is 1. The van der Waals surface area contributed by atoms with Gasteiger partial charge in [-0.05, 0) is 38.8 Å². The summed E-state index contributed by atoms with van der Waals surface area (Å²) in [5.41, 5.74) is 3.26. The van der Waals surface area contributed by atoms with Gasteiger partial charge in [0.1, 0.15) is 0 Å². The lowest BCUT2D eigenvalue weighted by Gasteiger charge is -2.31. The Morgan fingerprint density at radius 2 is 1.94 bits per heavy atom. The number of rotatable bonds is 5. The van der Waals surface area contributed by atoms with Crippen molar-refractivity contribution in [2.24, 2.45) is 5.92 Å². The Balaban J connectivity index is 1.58. The van der Waals surface area contributed by atoms with Crippen LogP contribution in [0.4, 0.5) is 0 Å². The number of aryl methyl sites for hydroxylation is 1. The number of piperidine rings is 1. The first-order chi connectivity index (χ1) is 15.1. The molecule has 6 heteroatoms. The van der Waals surface area contributed by atoms with E-state index in [0.717, 1.165) is 18.4 Å². The van der Waals surface area contributed by atoms with Crippen molar-refractivity contribution in [2.45, 2.75) is 26.7 Å². The summed E-state index contributed by atoms with van der Waals surface area (Å²) in [6, 6.07) is 15.3. The number of oxazole rings is 1. The van der Waals surface area contributed by atoms with E-state index in [1.165, 1.54) is 5.56 Å². The molecule has 1 saturated heterocycles. The monoisotopic (exact) mass is 418 g/mol. The van der Waals surface area contributed by atoms with Gasteiger partial charge in [-0.2, -0.15) is 0 Å². The molecule has 2 heterocycles. The van der Waals surface area contributed by atoms with Crippen LogP contribution in [-0.2, 0) is 9.53 Å². The van der Waals surface area contributed by atoms with E-state index in [1.807, 2.05) is 49.4 Å². The number of esters is 1. The zero-order chi connectivity index (χ0) is 21.8. The maximum Gasteiger partial charge on any atom is 0.310 e. The van der Waals surface area contributed by atoms with E-state index >= 15 is 0 Å². The molecule has 1 aromatic heterocycles. The summed E-state index contributed by atoms with van der Waals surface area (Å²) >= 11 is 0. The first kappa shape index (κ1) is 20.8. The lowest BCUT2D eigenvalue weighted by atomic mass is 9.96. The van der Waals surface area contributed by atoms with Crippen molar-refractivity contribution in [3.05, 3.63) is 65.9 Å². The summed E-state index contributed by atoms with van der Waals surface area (Å²) in [7, 11) is 0. The first-order valence-electron chi connectivity index (χ1n) is 10.6. The van der Waals surface area contributed by atoms with Gasteiger partial charge >= 0.3 is 5.97 Å². The SMILES string of the molecule is CCOC(=O)C1CCCN(C(=O)c2ccccc2-c2ncc(-c3ccc(C)cc3)o2)C1. The maximum atomic E-state index is 13.3. The molecule has 1 aliphatic heterocycles.